The minimum absolute atomic E-state index is 0.528. The van der Waals surface area contributed by atoms with Crippen LogP contribution in [0, 0.1) is 0 Å². The van der Waals surface area contributed by atoms with Gasteiger partial charge >= 0.3 is 0 Å². The number of benzene rings is 1. The molecule has 3 rings (SSSR count). The predicted octanol–water partition coefficient (Wildman–Crippen LogP) is 1.20. The second-order valence-corrected chi connectivity index (χ2v) is 4.16. The molecule has 19 heavy (non-hydrogen) atoms. The summed E-state index contributed by atoms with van der Waals surface area (Å²) in [6.07, 6.45) is 5.18. The molecular formula is C13H14N6. The van der Waals surface area contributed by atoms with E-state index in [0.29, 0.717) is 24.6 Å². The molecule has 6 nitrogen and oxygen atoms in total. The lowest BCUT2D eigenvalue weighted by Crippen LogP contribution is -2.08. The number of rotatable bonds is 4. The molecule has 6 heteroatoms. The second-order valence-electron chi connectivity index (χ2n) is 4.16. The van der Waals surface area contributed by atoms with E-state index < -0.39 is 0 Å². The number of anilines is 1. The molecule has 0 saturated carbocycles. The van der Waals surface area contributed by atoms with Gasteiger partial charge in [0.05, 0.1) is 0 Å². The molecule has 0 atom stereocenters. The van der Waals surface area contributed by atoms with Crippen molar-refractivity contribution in [1.82, 2.24) is 19.6 Å². The quantitative estimate of drug-likeness (QED) is 0.731. The molecule has 2 heterocycles. The highest BCUT2D eigenvalue weighted by atomic mass is 15.2. The zero-order valence-corrected chi connectivity index (χ0v) is 10.3. The monoisotopic (exact) mass is 254 g/mol. The number of hydrogen-bond donors (Lipinski definition) is 2. The van der Waals surface area contributed by atoms with Crippen molar-refractivity contribution in [3.63, 3.8) is 0 Å². The highest BCUT2D eigenvalue weighted by Gasteiger charge is 2.05. The van der Waals surface area contributed by atoms with Gasteiger partial charge in [0.15, 0.2) is 5.82 Å². The van der Waals surface area contributed by atoms with Crippen LogP contribution in [0.15, 0.2) is 43.0 Å². The molecule has 0 bridgehead atoms. The topological polar surface area (TPSA) is 81.1 Å². The molecule has 96 valence electrons. The number of nitrogens with zero attached hydrogens (tertiary/aromatic N) is 4. The lowest BCUT2D eigenvalue weighted by Gasteiger charge is -2.09. The number of nitrogens with two attached hydrogens (primary N) is 1. The van der Waals surface area contributed by atoms with Gasteiger partial charge in [-0.25, -0.2) is 4.98 Å². The molecule has 0 unspecified atom stereocenters. The summed E-state index contributed by atoms with van der Waals surface area (Å²) < 4.78 is 1.82. The van der Waals surface area contributed by atoms with Crippen molar-refractivity contribution in [2.75, 3.05) is 5.32 Å². The van der Waals surface area contributed by atoms with Crippen molar-refractivity contribution in [2.24, 2.45) is 5.73 Å². The van der Waals surface area contributed by atoms with Gasteiger partial charge in [0.25, 0.3) is 0 Å². The van der Waals surface area contributed by atoms with Crippen LogP contribution in [0.3, 0.4) is 0 Å². The lowest BCUT2D eigenvalue weighted by molar-refractivity contribution is 0.997. The second kappa shape index (κ2) is 5.03. The molecule has 0 aliphatic heterocycles. The predicted molar refractivity (Wildman–Crippen MR) is 72.4 cm³/mol. The molecule has 3 N–H and O–H groups in total. The summed E-state index contributed by atoms with van der Waals surface area (Å²) in [5.41, 5.74) is 8.73. The van der Waals surface area contributed by atoms with Crippen LogP contribution in [-0.4, -0.2) is 19.6 Å². The Labute approximate surface area is 110 Å². The highest BCUT2D eigenvalue weighted by molar-refractivity contribution is 5.61. The third-order valence-corrected chi connectivity index (χ3v) is 3.00. The van der Waals surface area contributed by atoms with Crippen LogP contribution >= 0.6 is 0 Å². The lowest BCUT2D eigenvalue weighted by atomic mass is 10.1. The maximum absolute atomic E-state index is 5.72. The van der Waals surface area contributed by atoms with Crippen molar-refractivity contribution < 1.29 is 0 Å². The zero-order valence-electron chi connectivity index (χ0n) is 10.3. The van der Waals surface area contributed by atoms with E-state index >= 15 is 0 Å². The summed E-state index contributed by atoms with van der Waals surface area (Å²) in [4.78, 5) is 4.28. The van der Waals surface area contributed by atoms with E-state index in [9.17, 15) is 0 Å². The van der Waals surface area contributed by atoms with Gasteiger partial charge in [0.1, 0.15) is 6.33 Å². The summed E-state index contributed by atoms with van der Waals surface area (Å²) in [5.74, 6) is 0.715. The Hall–Kier alpha value is -2.47. The minimum Gasteiger partial charge on any atom is -0.363 e. The van der Waals surface area contributed by atoms with Crippen molar-refractivity contribution in [1.29, 1.82) is 0 Å². The Morgan fingerprint density at radius 1 is 1.21 bits per heavy atom. The molecule has 0 radical (unpaired) electrons. The number of aromatic nitrogens is 4. The summed E-state index contributed by atoms with van der Waals surface area (Å²) >= 11 is 0. The zero-order chi connectivity index (χ0) is 13.1. The fraction of sp³-hybridized carbons (Fsp3) is 0.154. The number of fused-ring (bicyclic) bond motifs is 1. The van der Waals surface area contributed by atoms with Gasteiger partial charge in [-0.05, 0) is 11.1 Å². The third-order valence-electron chi connectivity index (χ3n) is 3.00. The summed E-state index contributed by atoms with van der Waals surface area (Å²) in [5, 5.41) is 11.2. The first-order chi connectivity index (χ1) is 9.38. The molecule has 0 aliphatic carbocycles. The first-order valence-electron chi connectivity index (χ1n) is 6.03. The van der Waals surface area contributed by atoms with E-state index in [1.165, 1.54) is 0 Å². The molecule has 0 saturated heterocycles. The van der Waals surface area contributed by atoms with Crippen LogP contribution in [-0.2, 0) is 13.1 Å². The van der Waals surface area contributed by atoms with E-state index in [-0.39, 0.29) is 0 Å². The Morgan fingerprint density at radius 2 is 2.05 bits per heavy atom. The van der Waals surface area contributed by atoms with Crippen molar-refractivity contribution >= 4 is 11.5 Å². The maximum Gasteiger partial charge on any atom is 0.203 e. The van der Waals surface area contributed by atoms with Crippen LogP contribution in [0.1, 0.15) is 11.1 Å². The number of nitrogens with one attached hydrogen (secondary N) is 1. The Balaban J connectivity index is 1.84. The normalized spacial score (nSPS) is 10.8. The number of hydrogen-bond acceptors (Lipinski definition) is 5. The molecule has 0 amide bonds. The standard InChI is InChI=1S/C13H14N6/c14-7-10-3-1-2-4-11(10)8-16-12-13-18-17-9-19(13)6-5-15-12/h1-6,9H,7-8,14H2,(H,15,16). The average molecular weight is 254 g/mol. The fourth-order valence-electron chi connectivity index (χ4n) is 1.99. The molecule has 0 spiro atoms. The first kappa shape index (κ1) is 11.6. The molecular weight excluding hydrogens is 240 g/mol. The van der Waals surface area contributed by atoms with Gasteiger partial charge < -0.3 is 11.1 Å². The molecule has 0 aliphatic rings. The van der Waals surface area contributed by atoms with Gasteiger partial charge in [-0.2, -0.15) is 0 Å². The van der Waals surface area contributed by atoms with Gasteiger partial charge in [-0.1, -0.05) is 24.3 Å². The van der Waals surface area contributed by atoms with Crippen LogP contribution in [0.25, 0.3) is 5.65 Å². The van der Waals surface area contributed by atoms with Crippen LogP contribution in [0.5, 0.6) is 0 Å². The summed E-state index contributed by atoms with van der Waals surface area (Å²) in [6.45, 7) is 1.19. The van der Waals surface area contributed by atoms with Crippen LogP contribution < -0.4 is 11.1 Å². The summed E-state index contributed by atoms with van der Waals surface area (Å²) in [6, 6.07) is 8.08. The van der Waals surface area contributed by atoms with Gasteiger partial charge in [0.2, 0.25) is 5.65 Å². The SMILES string of the molecule is NCc1ccccc1CNc1nccn2cnnc12. The van der Waals surface area contributed by atoms with E-state index in [1.54, 1.807) is 12.5 Å². The first-order valence-corrected chi connectivity index (χ1v) is 6.03. The Morgan fingerprint density at radius 3 is 2.89 bits per heavy atom. The van der Waals surface area contributed by atoms with Gasteiger partial charge in [0, 0.05) is 25.5 Å². The highest BCUT2D eigenvalue weighted by Crippen LogP contribution is 2.13. The fourth-order valence-corrected chi connectivity index (χ4v) is 1.99. The smallest absolute Gasteiger partial charge is 0.203 e. The van der Waals surface area contributed by atoms with Crippen molar-refractivity contribution in [3.8, 4) is 0 Å². The minimum atomic E-state index is 0.528. The maximum atomic E-state index is 5.72. The van der Waals surface area contributed by atoms with E-state index in [1.807, 2.05) is 28.8 Å². The van der Waals surface area contributed by atoms with Crippen LogP contribution in [0.4, 0.5) is 5.82 Å². The van der Waals surface area contributed by atoms with E-state index in [2.05, 4.69) is 26.6 Å². The van der Waals surface area contributed by atoms with Crippen molar-refractivity contribution in [2.45, 2.75) is 13.1 Å². The molecule has 1 aromatic carbocycles. The van der Waals surface area contributed by atoms with Crippen LogP contribution in [0.2, 0.25) is 0 Å². The van der Waals surface area contributed by atoms with Gasteiger partial charge in [-0.3, -0.25) is 4.40 Å². The van der Waals surface area contributed by atoms with E-state index in [4.69, 9.17) is 5.73 Å². The Kier molecular flexibility index (Phi) is 3.07. The average Bonchev–Trinajstić information content (AvgIpc) is 2.94. The third kappa shape index (κ3) is 2.25. The molecule has 2 aromatic heterocycles. The molecule has 0 fully saturated rings. The van der Waals surface area contributed by atoms with Crippen molar-refractivity contribution in [3.05, 3.63) is 54.1 Å². The largest absolute Gasteiger partial charge is 0.363 e. The Bertz CT molecular complexity index is 690. The molecule has 3 aromatic rings. The van der Waals surface area contributed by atoms with Gasteiger partial charge in [-0.15, -0.1) is 10.2 Å². The van der Waals surface area contributed by atoms with E-state index in [0.717, 1.165) is 11.1 Å². The summed E-state index contributed by atoms with van der Waals surface area (Å²) in [7, 11) is 0.